The number of carbonyl (C=O) groups is 1. The number of thiophene rings is 1. The Morgan fingerprint density at radius 1 is 1.42 bits per heavy atom. The normalized spacial score (nSPS) is 12.1. The lowest BCUT2D eigenvalue weighted by atomic mass is 10.3. The lowest BCUT2D eigenvalue weighted by Crippen LogP contribution is -2.22. The highest BCUT2D eigenvalue weighted by atomic mass is 35.5. The first-order valence-electron chi connectivity index (χ1n) is 6.83. The molecule has 0 radical (unpaired) electrons. The van der Waals surface area contributed by atoms with Crippen molar-refractivity contribution in [3.8, 4) is 10.8 Å². The highest BCUT2D eigenvalue weighted by Gasteiger charge is 2.19. The van der Waals surface area contributed by atoms with E-state index in [4.69, 9.17) is 16.0 Å². The zero-order valence-corrected chi connectivity index (χ0v) is 14.7. The van der Waals surface area contributed by atoms with Crippen LogP contribution >= 0.6 is 34.7 Å². The summed E-state index contributed by atoms with van der Waals surface area (Å²) in [4.78, 5) is 13.1. The second-order valence-corrected chi connectivity index (χ2v) is 7.38. The van der Waals surface area contributed by atoms with Crippen LogP contribution in [0.5, 0.6) is 0 Å². The zero-order valence-electron chi connectivity index (χ0n) is 12.3. The first-order valence-corrected chi connectivity index (χ1v) is 8.96. The van der Waals surface area contributed by atoms with Gasteiger partial charge in [0.1, 0.15) is 5.82 Å². The van der Waals surface area contributed by atoms with Crippen LogP contribution in [0.25, 0.3) is 10.8 Å². The number of rotatable bonds is 5. The lowest BCUT2D eigenvalue weighted by molar-refractivity contribution is -0.115. The van der Waals surface area contributed by atoms with E-state index in [2.05, 4.69) is 15.5 Å². The van der Waals surface area contributed by atoms with Gasteiger partial charge in [0.25, 0.3) is 11.1 Å². The number of hydrogen-bond donors (Lipinski definition) is 1. The van der Waals surface area contributed by atoms with Gasteiger partial charge < -0.3 is 9.73 Å². The summed E-state index contributed by atoms with van der Waals surface area (Å²) in [7, 11) is 0. The number of aromatic nitrogens is 2. The van der Waals surface area contributed by atoms with Crippen molar-refractivity contribution in [1.29, 1.82) is 0 Å². The Hall–Kier alpha value is -1.90. The van der Waals surface area contributed by atoms with Crippen molar-refractivity contribution < 1.29 is 13.6 Å². The largest absolute Gasteiger partial charge is 0.410 e. The van der Waals surface area contributed by atoms with Gasteiger partial charge in [0, 0.05) is 5.69 Å². The molecule has 1 amide bonds. The molecular formula is C15H11ClFN3O2S2. The number of amides is 1. The molecule has 1 N–H and O–H groups in total. The van der Waals surface area contributed by atoms with Gasteiger partial charge in [-0.1, -0.05) is 29.4 Å². The Morgan fingerprint density at radius 3 is 2.96 bits per heavy atom. The molecule has 2 aromatic heterocycles. The van der Waals surface area contributed by atoms with Crippen molar-refractivity contribution in [2.24, 2.45) is 0 Å². The number of benzene rings is 1. The van der Waals surface area contributed by atoms with Crippen molar-refractivity contribution in [3.63, 3.8) is 0 Å². The maximum Gasteiger partial charge on any atom is 0.277 e. The Kier molecular flexibility index (Phi) is 5.17. The average molecular weight is 384 g/mol. The molecule has 3 rings (SSSR count). The molecule has 124 valence electrons. The standard InChI is InChI=1S/C15H11ClFN3O2S2/c1-8(13(21)18-9-4-5-11(17)10(16)7-9)24-15-20-19-14(22-15)12-3-2-6-23-12/h2-8H,1H3,(H,18,21)/t8-/m1/s1. The molecule has 1 atom stereocenters. The first kappa shape index (κ1) is 16.9. The van der Waals surface area contributed by atoms with Crippen LogP contribution < -0.4 is 5.32 Å². The van der Waals surface area contributed by atoms with Gasteiger partial charge in [-0.15, -0.1) is 21.5 Å². The summed E-state index contributed by atoms with van der Waals surface area (Å²) < 4.78 is 18.7. The Labute approximate surface area is 150 Å². The van der Waals surface area contributed by atoms with Crippen LogP contribution in [0, 0.1) is 5.82 Å². The predicted molar refractivity (Wildman–Crippen MR) is 93.0 cm³/mol. The van der Waals surface area contributed by atoms with Gasteiger partial charge in [-0.2, -0.15) is 0 Å². The van der Waals surface area contributed by atoms with E-state index in [0.29, 0.717) is 16.8 Å². The number of carbonyl (C=O) groups excluding carboxylic acids is 1. The summed E-state index contributed by atoms with van der Waals surface area (Å²) in [6.07, 6.45) is 0. The fourth-order valence-corrected chi connectivity index (χ4v) is 3.29. The minimum absolute atomic E-state index is 0.0504. The average Bonchev–Trinajstić information content (AvgIpc) is 3.21. The highest BCUT2D eigenvalue weighted by Crippen LogP contribution is 2.29. The van der Waals surface area contributed by atoms with Gasteiger partial charge in [0.2, 0.25) is 5.91 Å². The third-order valence-corrected chi connectivity index (χ3v) is 5.05. The van der Waals surface area contributed by atoms with E-state index in [-0.39, 0.29) is 10.9 Å². The summed E-state index contributed by atoms with van der Waals surface area (Å²) in [5.41, 5.74) is 0.420. The van der Waals surface area contributed by atoms with Gasteiger partial charge in [-0.05, 0) is 36.6 Å². The molecule has 0 spiro atoms. The van der Waals surface area contributed by atoms with Crippen LogP contribution in [-0.2, 0) is 4.79 Å². The molecular weight excluding hydrogens is 373 g/mol. The molecule has 5 nitrogen and oxygen atoms in total. The van der Waals surface area contributed by atoms with Gasteiger partial charge in [0.05, 0.1) is 15.1 Å². The fourth-order valence-electron chi connectivity index (χ4n) is 1.78. The van der Waals surface area contributed by atoms with Crippen LogP contribution in [0.2, 0.25) is 5.02 Å². The van der Waals surface area contributed by atoms with Gasteiger partial charge in [0.15, 0.2) is 0 Å². The fraction of sp³-hybridized carbons (Fsp3) is 0.133. The smallest absolute Gasteiger partial charge is 0.277 e. The summed E-state index contributed by atoms with van der Waals surface area (Å²) in [6, 6.07) is 7.76. The second kappa shape index (κ2) is 7.33. The van der Waals surface area contributed by atoms with Crippen LogP contribution in [0.3, 0.4) is 0 Å². The molecule has 0 fully saturated rings. The molecule has 0 saturated heterocycles. The second-order valence-electron chi connectivity index (χ2n) is 4.73. The summed E-state index contributed by atoms with van der Waals surface area (Å²) >= 11 is 8.33. The van der Waals surface area contributed by atoms with E-state index in [0.717, 1.165) is 16.6 Å². The van der Waals surface area contributed by atoms with Crippen LogP contribution in [0.15, 0.2) is 45.4 Å². The third-order valence-electron chi connectivity index (χ3n) is 2.97. The Morgan fingerprint density at radius 2 is 2.25 bits per heavy atom. The molecule has 0 unspecified atom stereocenters. The number of nitrogens with one attached hydrogen (secondary N) is 1. The van der Waals surface area contributed by atoms with Crippen molar-refractivity contribution in [2.45, 2.75) is 17.4 Å². The first-order chi connectivity index (χ1) is 11.5. The Balaban J connectivity index is 1.62. The molecule has 2 heterocycles. The van der Waals surface area contributed by atoms with E-state index >= 15 is 0 Å². The number of hydrogen-bond acceptors (Lipinski definition) is 6. The summed E-state index contributed by atoms with van der Waals surface area (Å²) in [5, 5.41) is 12.2. The van der Waals surface area contributed by atoms with Crippen LogP contribution in [-0.4, -0.2) is 21.4 Å². The summed E-state index contributed by atoms with van der Waals surface area (Å²) in [6.45, 7) is 1.71. The molecule has 0 bridgehead atoms. The number of nitrogens with zero attached hydrogens (tertiary/aromatic N) is 2. The SMILES string of the molecule is C[C@@H](Sc1nnc(-c2cccs2)o1)C(=O)Nc1ccc(F)c(Cl)c1. The number of thioether (sulfide) groups is 1. The lowest BCUT2D eigenvalue weighted by Gasteiger charge is -2.10. The van der Waals surface area contributed by atoms with Crippen molar-refractivity contribution >= 4 is 46.3 Å². The molecule has 0 aliphatic carbocycles. The molecule has 1 aromatic carbocycles. The molecule has 9 heteroatoms. The minimum Gasteiger partial charge on any atom is -0.410 e. The van der Waals surface area contributed by atoms with E-state index in [9.17, 15) is 9.18 Å². The van der Waals surface area contributed by atoms with E-state index in [1.807, 2.05) is 17.5 Å². The van der Waals surface area contributed by atoms with Gasteiger partial charge in [-0.3, -0.25) is 4.79 Å². The Bertz CT molecular complexity index is 854. The molecule has 3 aromatic rings. The monoisotopic (exact) mass is 383 g/mol. The molecule has 0 aliphatic heterocycles. The van der Waals surface area contributed by atoms with E-state index in [1.165, 1.54) is 29.5 Å². The van der Waals surface area contributed by atoms with Crippen molar-refractivity contribution in [2.75, 3.05) is 5.32 Å². The topological polar surface area (TPSA) is 68.0 Å². The quantitative estimate of drug-likeness (QED) is 0.646. The maximum atomic E-state index is 13.1. The van der Waals surface area contributed by atoms with Crippen molar-refractivity contribution in [1.82, 2.24) is 10.2 Å². The number of anilines is 1. The van der Waals surface area contributed by atoms with Crippen molar-refractivity contribution in [3.05, 3.63) is 46.6 Å². The van der Waals surface area contributed by atoms with Gasteiger partial charge >= 0.3 is 0 Å². The summed E-state index contributed by atoms with van der Waals surface area (Å²) in [5.74, 6) is -0.395. The number of halogens is 2. The zero-order chi connectivity index (χ0) is 17.1. The minimum atomic E-state index is -0.538. The van der Waals surface area contributed by atoms with E-state index in [1.54, 1.807) is 6.92 Å². The van der Waals surface area contributed by atoms with Crippen LogP contribution in [0.1, 0.15) is 6.92 Å². The van der Waals surface area contributed by atoms with Gasteiger partial charge in [-0.25, -0.2) is 4.39 Å². The maximum absolute atomic E-state index is 13.1. The molecule has 0 saturated carbocycles. The molecule has 24 heavy (non-hydrogen) atoms. The van der Waals surface area contributed by atoms with E-state index < -0.39 is 11.1 Å². The van der Waals surface area contributed by atoms with Crippen LogP contribution in [0.4, 0.5) is 10.1 Å². The third kappa shape index (κ3) is 3.95. The predicted octanol–water partition coefficient (Wildman–Crippen LogP) is 4.71. The highest BCUT2D eigenvalue weighted by molar-refractivity contribution is 8.00. The molecule has 0 aliphatic rings.